The molecule has 0 aliphatic carbocycles. The predicted octanol–water partition coefficient (Wildman–Crippen LogP) is 3.64. The second-order valence-corrected chi connectivity index (χ2v) is 5.22. The number of aryl methyl sites for hydroxylation is 1. The van der Waals surface area contributed by atoms with Crippen molar-refractivity contribution >= 4 is 27.7 Å². The predicted molar refractivity (Wildman–Crippen MR) is 86.6 cm³/mol. The zero-order valence-corrected chi connectivity index (χ0v) is 12.2. The summed E-state index contributed by atoms with van der Waals surface area (Å²) in [5.41, 5.74) is 2.00. The molecule has 3 heteroatoms. The van der Waals surface area contributed by atoms with Gasteiger partial charge in [-0.2, -0.15) is 0 Å². The van der Waals surface area contributed by atoms with Crippen LogP contribution in [0.5, 0.6) is 0 Å². The standard InChI is InChI=1S/C19H15N2O/c1-21-17-8-4-2-6-14(17)10-11-19(21)20-16-12-13-22-18-9-5-3-7-15(16)18/h2-13H,1H3/q+1. The Balaban J connectivity index is 2.01. The summed E-state index contributed by atoms with van der Waals surface area (Å²) >= 11 is 0. The van der Waals surface area contributed by atoms with Crippen molar-refractivity contribution in [3.05, 3.63) is 78.4 Å². The van der Waals surface area contributed by atoms with Gasteiger partial charge in [0.2, 0.25) is 0 Å². The fourth-order valence-corrected chi connectivity index (χ4v) is 2.71. The van der Waals surface area contributed by atoms with Crippen LogP contribution >= 0.6 is 0 Å². The molecule has 0 radical (unpaired) electrons. The lowest BCUT2D eigenvalue weighted by Gasteiger charge is -2.00. The molecular weight excluding hydrogens is 272 g/mol. The van der Waals surface area contributed by atoms with E-state index in [4.69, 9.17) is 9.41 Å². The molecule has 0 spiro atoms. The van der Waals surface area contributed by atoms with Gasteiger partial charge in [0.25, 0.3) is 0 Å². The summed E-state index contributed by atoms with van der Waals surface area (Å²) in [7, 11) is 2.04. The van der Waals surface area contributed by atoms with Crippen LogP contribution < -0.4 is 9.92 Å². The molecule has 0 aliphatic heterocycles. The first-order chi connectivity index (χ1) is 10.8. The minimum atomic E-state index is 0.840. The summed E-state index contributed by atoms with van der Waals surface area (Å²) in [4.78, 5) is 4.82. The first-order valence-electron chi connectivity index (χ1n) is 7.22. The van der Waals surface area contributed by atoms with Crippen molar-refractivity contribution in [1.29, 1.82) is 0 Å². The number of fused-ring (bicyclic) bond motifs is 2. The quantitative estimate of drug-likeness (QED) is 0.491. The van der Waals surface area contributed by atoms with Crippen LogP contribution in [-0.2, 0) is 7.05 Å². The van der Waals surface area contributed by atoms with Gasteiger partial charge in [-0.3, -0.25) is 0 Å². The molecule has 4 aromatic rings. The summed E-state index contributed by atoms with van der Waals surface area (Å²) < 4.78 is 7.63. The highest BCUT2D eigenvalue weighted by Gasteiger charge is 2.10. The maximum atomic E-state index is 5.52. The highest BCUT2D eigenvalue weighted by atomic mass is 16.3. The van der Waals surface area contributed by atoms with Crippen LogP contribution in [0.2, 0.25) is 0 Å². The molecule has 0 fully saturated rings. The number of benzene rings is 2. The molecule has 0 bridgehead atoms. The van der Waals surface area contributed by atoms with E-state index < -0.39 is 0 Å². The minimum absolute atomic E-state index is 0.840. The average molecular weight is 287 g/mol. The molecule has 106 valence electrons. The van der Waals surface area contributed by atoms with Gasteiger partial charge >= 0.3 is 5.82 Å². The highest BCUT2D eigenvalue weighted by Crippen LogP contribution is 2.15. The average Bonchev–Trinajstić information content (AvgIpc) is 2.58. The van der Waals surface area contributed by atoms with Crippen molar-refractivity contribution < 1.29 is 8.98 Å². The van der Waals surface area contributed by atoms with Gasteiger partial charge in [0.05, 0.1) is 18.7 Å². The fourth-order valence-electron chi connectivity index (χ4n) is 2.71. The van der Waals surface area contributed by atoms with Crippen molar-refractivity contribution in [2.24, 2.45) is 12.0 Å². The van der Waals surface area contributed by atoms with Crippen molar-refractivity contribution in [2.45, 2.75) is 0 Å². The Morgan fingerprint density at radius 2 is 1.68 bits per heavy atom. The normalized spacial score (nSPS) is 12.1. The molecule has 3 nitrogen and oxygen atoms in total. The smallest absolute Gasteiger partial charge is 0.323 e. The molecule has 0 N–H and O–H groups in total. The molecule has 2 aromatic carbocycles. The number of pyridine rings is 1. The maximum Gasteiger partial charge on any atom is 0.323 e. The molecule has 0 unspecified atom stereocenters. The second kappa shape index (κ2) is 5.11. The largest absolute Gasteiger partial charge is 0.464 e. The Bertz CT molecular complexity index is 1040. The zero-order valence-electron chi connectivity index (χ0n) is 12.2. The topological polar surface area (TPSA) is 29.4 Å². The van der Waals surface area contributed by atoms with E-state index in [0.717, 1.165) is 27.7 Å². The van der Waals surface area contributed by atoms with E-state index in [0.29, 0.717) is 0 Å². The van der Waals surface area contributed by atoms with Crippen LogP contribution in [0.25, 0.3) is 21.9 Å². The van der Waals surface area contributed by atoms with E-state index in [1.54, 1.807) is 6.26 Å². The lowest BCUT2D eigenvalue weighted by molar-refractivity contribution is -0.631. The van der Waals surface area contributed by atoms with Gasteiger partial charge in [-0.15, -0.1) is 0 Å². The minimum Gasteiger partial charge on any atom is -0.464 e. The lowest BCUT2D eigenvalue weighted by Crippen LogP contribution is -2.29. The Morgan fingerprint density at radius 3 is 2.64 bits per heavy atom. The fraction of sp³-hybridized carbons (Fsp3) is 0.0526. The van der Waals surface area contributed by atoms with Gasteiger partial charge in [-0.05, 0) is 29.3 Å². The summed E-state index contributed by atoms with van der Waals surface area (Å²) in [6.07, 6.45) is 1.68. The first-order valence-corrected chi connectivity index (χ1v) is 7.22. The number of aromatic nitrogens is 1. The molecule has 0 saturated carbocycles. The Kier molecular flexibility index (Phi) is 2.97. The number of hydrogen-bond donors (Lipinski definition) is 0. The Labute approximate surface area is 127 Å². The zero-order chi connectivity index (χ0) is 14.9. The summed E-state index contributed by atoms with van der Waals surface area (Å²) in [6, 6.07) is 22.3. The SMILES string of the molecule is C[n+]1c(N=c2ccoc3ccccc23)ccc2ccccc21. The van der Waals surface area contributed by atoms with Crippen molar-refractivity contribution in [1.82, 2.24) is 0 Å². The third-order valence-corrected chi connectivity index (χ3v) is 3.87. The molecular formula is C19H15N2O+. The Morgan fingerprint density at radius 1 is 0.864 bits per heavy atom. The third kappa shape index (κ3) is 2.07. The van der Waals surface area contributed by atoms with E-state index in [-0.39, 0.29) is 0 Å². The van der Waals surface area contributed by atoms with E-state index in [1.807, 2.05) is 55.6 Å². The molecule has 22 heavy (non-hydrogen) atoms. The van der Waals surface area contributed by atoms with Gasteiger partial charge in [0, 0.05) is 17.5 Å². The van der Waals surface area contributed by atoms with Crippen LogP contribution in [0.1, 0.15) is 0 Å². The highest BCUT2D eigenvalue weighted by molar-refractivity contribution is 5.77. The summed E-state index contributed by atoms with van der Waals surface area (Å²) in [5, 5.41) is 3.13. The van der Waals surface area contributed by atoms with Crippen LogP contribution in [0.4, 0.5) is 5.82 Å². The van der Waals surface area contributed by atoms with Gasteiger partial charge in [-0.25, -0.2) is 4.57 Å². The van der Waals surface area contributed by atoms with E-state index >= 15 is 0 Å². The van der Waals surface area contributed by atoms with Crippen molar-refractivity contribution in [3.8, 4) is 0 Å². The number of para-hydroxylation sites is 2. The number of hydrogen-bond acceptors (Lipinski definition) is 2. The van der Waals surface area contributed by atoms with Crippen LogP contribution in [0.15, 0.2) is 82.4 Å². The van der Waals surface area contributed by atoms with Gasteiger partial charge in [0.15, 0.2) is 5.36 Å². The first kappa shape index (κ1) is 12.8. The van der Waals surface area contributed by atoms with Gasteiger partial charge < -0.3 is 4.42 Å². The van der Waals surface area contributed by atoms with Gasteiger partial charge in [0.1, 0.15) is 11.1 Å². The molecule has 0 aliphatic rings. The van der Waals surface area contributed by atoms with E-state index in [9.17, 15) is 0 Å². The lowest BCUT2D eigenvalue weighted by atomic mass is 10.2. The van der Waals surface area contributed by atoms with E-state index in [2.05, 4.69) is 22.8 Å². The summed E-state index contributed by atoms with van der Waals surface area (Å²) in [5.74, 6) is 0.912. The molecule has 0 amide bonds. The molecule has 0 atom stereocenters. The van der Waals surface area contributed by atoms with Crippen molar-refractivity contribution in [3.63, 3.8) is 0 Å². The monoisotopic (exact) mass is 287 g/mol. The van der Waals surface area contributed by atoms with Crippen LogP contribution in [0, 0.1) is 0 Å². The number of rotatable bonds is 1. The maximum absolute atomic E-state index is 5.52. The van der Waals surface area contributed by atoms with Crippen molar-refractivity contribution in [2.75, 3.05) is 0 Å². The van der Waals surface area contributed by atoms with Gasteiger partial charge in [-0.1, -0.05) is 30.3 Å². The van der Waals surface area contributed by atoms with Crippen LogP contribution in [0.3, 0.4) is 0 Å². The van der Waals surface area contributed by atoms with Crippen LogP contribution in [-0.4, -0.2) is 0 Å². The Hall–Kier alpha value is -2.94. The number of nitrogens with zero attached hydrogens (tertiary/aromatic N) is 2. The molecule has 2 heterocycles. The summed E-state index contributed by atoms with van der Waals surface area (Å²) in [6.45, 7) is 0. The second-order valence-electron chi connectivity index (χ2n) is 5.22. The molecule has 4 rings (SSSR count). The molecule has 2 aromatic heterocycles. The molecule has 0 saturated heterocycles. The van der Waals surface area contributed by atoms with E-state index in [1.165, 1.54) is 5.39 Å². The third-order valence-electron chi connectivity index (χ3n) is 3.87.